The highest BCUT2D eigenvalue weighted by molar-refractivity contribution is 7.98. The molecule has 4 heteroatoms. The van der Waals surface area contributed by atoms with Gasteiger partial charge >= 0.3 is 5.97 Å². The molecule has 2 nitrogen and oxygen atoms in total. The van der Waals surface area contributed by atoms with E-state index in [9.17, 15) is 4.79 Å². The van der Waals surface area contributed by atoms with E-state index >= 15 is 0 Å². The fraction of sp³-hybridized carbons (Fsp3) is 0.0833. The van der Waals surface area contributed by atoms with Crippen molar-refractivity contribution in [3.05, 3.63) is 40.1 Å². The summed E-state index contributed by atoms with van der Waals surface area (Å²) in [6, 6.07) is 7.99. The number of thioether (sulfide) groups is 1. The Kier molecular flexibility index (Phi) is 2.26. The number of rotatable bonds is 1. The van der Waals surface area contributed by atoms with E-state index in [1.807, 2.05) is 24.3 Å². The van der Waals surface area contributed by atoms with Crippen LogP contribution in [0.4, 0.5) is 0 Å². The molecule has 0 spiro atoms. The summed E-state index contributed by atoms with van der Waals surface area (Å²) >= 11 is 3.32. The molecule has 2 aromatic rings. The van der Waals surface area contributed by atoms with Gasteiger partial charge in [-0.1, -0.05) is 18.2 Å². The van der Waals surface area contributed by atoms with Crippen molar-refractivity contribution in [1.82, 2.24) is 0 Å². The van der Waals surface area contributed by atoms with Crippen molar-refractivity contribution in [2.75, 3.05) is 0 Å². The summed E-state index contributed by atoms with van der Waals surface area (Å²) in [6.07, 6.45) is 0. The van der Waals surface area contributed by atoms with Gasteiger partial charge in [0.15, 0.2) is 0 Å². The van der Waals surface area contributed by atoms with Crippen molar-refractivity contribution in [2.24, 2.45) is 0 Å². The molecule has 1 aromatic heterocycles. The van der Waals surface area contributed by atoms with E-state index in [0.29, 0.717) is 5.56 Å². The molecule has 0 atom stereocenters. The van der Waals surface area contributed by atoms with E-state index in [1.165, 1.54) is 9.77 Å². The molecule has 0 bridgehead atoms. The van der Waals surface area contributed by atoms with Crippen molar-refractivity contribution in [1.29, 1.82) is 0 Å². The number of fused-ring (bicyclic) bond motifs is 3. The maximum absolute atomic E-state index is 11.1. The zero-order valence-electron chi connectivity index (χ0n) is 8.27. The van der Waals surface area contributed by atoms with E-state index in [1.54, 1.807) is 28.5 Å². The topological polar surface area (TPSA) is 37.3 Å². The van der Waals surface area contributed by atoms with Gasteiger partial charge in [0.2, 0.25) is 0 Å². The van der Waals surface area contributed by atoms with Crippen LogP contribution in [0.5, 0.6) is 0 Å². The first-order valence-corrected chi connectivity index (χ1v) is 6.70. The highest BCUT2D eigenvalue weighted by Crippen LogP contribution is 2.45. The first-order valence-electron chi connectivity index (χ1n) is 4.83. The molecule has 1 aliphatic heterocycles. The summed E-state index contributed by atoms with van der Waals surface area (Å²) in [7, 11) is 0. The Morgan fingerprint density at radius 2 is 2.12 bits per heavy atom. The molecule has 0 amide bonds. The molecule has 0 radical (unpaired) electrons. The molecule has 0 saturated carbocycles. The van der Waals surface area contributed by atoms with Crippen LogP contribution in [0.3, 0.4) is 0 Å². The van der Waals surface area contributed by atoms with Crippen LogP contribution in [0.1, 0.15) is 15.2 Å². The highest BCUT2D eigenvalue weighted by Gasteiger charge is 2.24. The minimum Gasteiger partial charge on any atom is -0.478 e. The molecule has 1 N–H and O–H groups in total. The lowest BCUT2D eigenvalue weighted by Gasteiger charge is -2.16. The number of benzene rings is 1. The van der Waals surface area contributed by atoms with Gasteiger partial charge in [0.05, 0.1) is 5.56 Å². The molecular weight excluding hydrogens is 240 g/mol. The zero-order chi connectivity index (χ0) is 11.1. The van der Waals surface area contributed by atoms with Crippen LogP contribution in [0, 0.1) is 0 Å². The molecule has 0 fully saturated rings. The van der Waals surface area contributed by atoms with Gasteiger partial charge in [0, 0.05) is 26.5 Å². The normalized spacial score (nSPS) is 13.0. The van der Waals surface area contributed by atoms with Gasteiger partial charge < -0.3 is 5.11 Å². The van der Waals surface area contributed by atoms with Crippen molar-refractivity contribution >= 4 is 29.1 Å². The monoisotopic (exact) mass is 248 g/mol. The lowest BCUT2D eigenvalue weighted by molar-refractivity contribution is 0.0698. The van der Waals surface area contributed by atoms with Gasteiger partial charge in [-0.05, 0) is 11.6 Å². The van der Waals surface area contributed by atoms with Crippen molar-refractivity contribution in [2.45, 2.75) is 10.6 Å². The van der Waals surface area contributed by atoms with Crippen LogP contribution in [0.15, 0.2) is 34.5 Å². The van der Waals surface area contributed by atoms with Crippen LogP contribution in [-0.2, 0) is 5.75 Å². The number of carbonyl (C=O) groups is 1. The molecular formula is C12H8O2S2. The lowest BCUT2D eigenvalue weighted by atomic mass is 10.0. The average Bonchev–Trinajstić information content (AvgIpc) is 2.73. The Balaban J connectivity index is 2.29. The second-order valence-electron chi connectivity index (χ2n) is 3.54. The zero-order valence-corrected chi connectivity index (χ0v) is 9.90. The van der Waals surface area contributed by atoms with Crippen LogP contribution >= 0.6 is 23.1 Å². The Labute approximate surface area is 101 Å². The third-order valence-electron chi connectivity index (χ3n) is 2.61. The Morgan fingerprint density at radius 1 is 1.31 bits per heavy atom. The lowest BCUT2D eigenvalue weighted by Crippen LogP contribution is -2.00. The third-order valence-corrected chi connectivity index (χ3v) is 4.88. The van der Waals surface area contributed by atoms with E-state index < -0.39 is 5.97 Å². The highest BCUT2D eigenvalue weighted by atomic mass is 32.2. The number of thiophene rings is 1. The molecule has 3 rings (SSSR count). The molecule has 2 heterocycles. The Morgan fingerprint density at radius 3 is 2.94 bits per heavy atom. The second kappa shape index (κ2) is 3.64. The van der Waals surface area contributed by atoms with Crippen LogP contribution < -0.4 is 0 Å². The number of hydrogen-bond acceptors (Lipinski definition) is 3. The average molecular weight is 248 g/mol. The molecule has 16 heavy (non-hydrogen) atoms. The molecule has 80 valence electrons. The number of carboxylic acids is 1. The van der Waals surface area contributed by atoms with E-state index in [0.717, 1.165) is 16.9 Å². The molecule has 0 saturated heterocycles. The molecule has 0 unspecified atom stereocenters. The van der Waals surface area contributed by atoms with Crippen molar-refractivity contribution in [3.63, 3.8) is 0 Å². The summed E-state index contributed by atoms with van der Waals surface area (Å²) in [6.45, 7) is 0. The SMILES string of the molecule is O=C(O)c1csc2c1-c1ccccc1SC2. The summed E-state index contributed by atoms with van der Waals surface area (Å²) in [5.74, 6) is 0.0452. The van der Waals surface area contributed by atoms with E-state index in [2.05, 4.69) is 0 Å². The fourth-order valence-electron chi connectivity index (χ4n) is 1.90. The Bertz CT molecular complexity index is 572. The summed E-state index contributed by atoms with van der Waals surface area (Å²) in [5.41, 5.74) is 2.42. The largest absolute Gasteiger partial charge is 0.478 e. The first-order chi connectivity index (χ1) is 7.77. The van der Waals surface area contributed by atoms with Crippen LogP contribution in [0.2, 0.25) is 0 Å². The minimum atomic E-state index is -0.834. The smallest absolute Gasteiger partial charge is 0.337 e. The third kappa shape index (κ3) is 1.37. The summed E-state index contributed by atoms with van der Waals surface area (Å²) < 4.78 is 0. The molecule has 1 aromatic carbocycles. The second-order valence-corrected chi connectivity index (χ2v) is 5.52. The molecule has 0 aliphatic carbocycles. The fourth-order valence-corrected chi connectivity index (χ4v) is 4.10. The molecule has 1 aliphatic rings. The summed E-state index contributed by atoms with van der Waals surface area (Å²) in [4.78, 5) is 13.5. The van der Waals surface area contributed by atoms with E-state index in [4.69, 9.17) is 5.11 Å². The van der Waals surface area contributed by atoms with Gasteiger partial charge in [-0.15, -0.1) is 23.1 Å². The maximum atomic E-state index is 11.1. The van der Waals surface area contributed by atoms with Crippen LogP contribution in [0.25, 0.3) is 11.1 Å². The number of hydrogen-bond donors (Lipinski definition) is 1. The quantitative estimate of drug-likeness (QED) is 0.835. The number of carboxylic acid groups (broad SMARTS) is 1. The van der Waals surface area contributed by atoms with Gasteiger partial charge in [0.1, 0.15) is 0 Å². The Hall–Kier alpha value is -1.26. The first kappa shape index (κ1) is 9.93. The van der Waals surface area contributed by atoms with Gasteiger partial charge in [-0.2, -0.15) is 0 Å². The van der Waals surface area contributed by atoms with Gasteiger partial charge in [0.25, 0.3) is 0 Å². The van der Waals surface area contributed by atoms with E-state index in [-0.39, 0.29) is 0 Å². The predicted octanol–water partition coefficient (Wildman–Crippen LogP) is 3.72. The predicted molar refractivity (Wildman–Crippen MR) is 66.3 cm³/mol. The number of aromatic carboxylic acids is 1. The summed E-state index contributed by atoms with van der Waals surface area (Å²) in [5, 5.41) is 10.9. The van der Waals surface area contributed by atoms with Crippen molar-refractivity contribution in [3.8, 4) is 11.1 Å². The standard InChI is InChI=1S/C12H8O2S2/c13-12(14)8-5-15-10-6-16-9-4-2-1-3-7(9)11(8)10/h1-5H,6H2,(H,13,14). The van der Waals surface area contributed by atoms with Crippen LogP contribution in [-0.4, -0.2) is 11.1 Å². The van der Waals surface area contributed by atoms with Gasteiger partial charge in [-0.25, -0.2) is 4.79 Å². The van der Waals surface area contributed by atoms with Gasteiger partial charge in [-0.3, -0.25) is 0 Å². The minimum absolute atomic E-state index is 0.438. The maximum Gasteiger partial charge on any atom is 0.337 e. The van der Waals surface area contributed by atoms with Crippen molar-refractivity contribution < 1.29 is 9.90 Å².